The number of halogens is 6. The highest BCUT2D eigenvalue weighted by Crippen LogP contribution is 2.27. The molecule has 0 unspecified atom stereocenters. The predicted molar refractivity (Wildman–Crippen MR) is 111 cm³/mol. The second-order valence-electron chi connectivity index (χ2n) is 6.30. The van der Waals surface area contributed by atoms with Gasteiger partial charge in [-0.1, -0.05) is 0 Å². The number of likely N-dealkylation sites (tertiary alicyclic amines) is 1. The summed E-state index contributed by atoms with van der Waals surface area (Å²) in [4.78, 5) is 13.0. The summed E-state index contributed by atoms with van der Waals surface area (Å²) in [5, 5.41) is 8.98. The van der Waals surface area contributed by atoms with E-state index in [1.165, 1.54) is 0 Å². The Kier molecular flexibility index (Phi) is 10.8. The summed E-state index contributed by atoms with van der Waals surface area (Å²) < 4.78 is 62.7. The van der Waals surface area contributed by atoms with E-state index in [0.717, 1.165) is 25.1 Å². The zero-order chi connectivity index (χ0) is 20.6. The van der Waals surface area contributed by atoms with E-state index in [2.05, 4.69) is 30.9 Å². The van der Waals surface area contributed by atoms with Crippen molar-refractivity contribution >= 4 is 35.9 Å². The lowest BCUT2D eigenvalue weighted by molar-refractivity contribution is -0.141. The maximum atomic E-state index is 12.6. The molecule has 0 saturated carbocycles. The van der Waals surface area contributed by atoms with Crippen molar-refractivity contribution in [3.8, 4) is 0 Å². The van der Waals surface area contributed by atoms with Gasteiger partial charge in [0.15, 0.2) is 5.96 Å². The third kappa shape index (κ3) is 9.23. The van der Waals surface area contributed by atoms with Gasteiger partial charge in [0.2, 0.25) is 5.95 Å². The van der Waals surface area contributed by atoms with Crippen LogP contribution in [0.4, 0.5) is 27.9 Å². The van der Waals surface area contributed by atoms with Gasteiger partial charge in [0.1, 0.15) is 5.69 Å². The van der Waals surface area contributed by atoms with Crippen molar-refractivity contribution in [2.24, 2.45) is 4.99 Å². The summed E-state index contributed by atoms with van der Waals surface area (Å²) >= 11 is 0. The highest BCUT2D eigenvalue weighted by molar-refractivity contribution is 14.0. The van der Waals surface area contributed by atoms with Crippen molar-refractivity contribution in [2.75, 3.05) is 45.1 Å². The number of alkyl halides is 5. The lowest BCUT2D eigenvalue weighted by atomic mass is 10.1. The smallest absolute Gasteiger partial charge is 0.355 e. The summed E-state index contributed by atoms with van der Waals surface area (Å²) in [5.74, 6) is 0.435. The third-order valence-corrected chi connectivity index (χ3v) is 4.19. The summed E-state index contributed by atoms with van der Waals surface area (Å²) in [5.41, 5.74) is -1.01. The second-order valence-corrected chi connectivity index (χ2v) is 6.30. The maximum absolute atomic E-state index is 12.6. The third-order valence-electron chi connectivity index (χ3n) is 4.19. The van der Waals surface area contributed by atoms with Crippen molar-refractivity contribution in [3.05, 3.63) is 18.0 Å². The Balaban J connectivity index is 0.00000420. The molecule has 2 heterocycles. The second kappa shape index (κ2) is 12.2. The van der Waals surface area contributed by atoms with Crippen molar-refractivity contribution in [1.29, 1.82) is 0 Å². The number of rotatable bonds is 7. The molecule has 1 aromatic heterocycles. The van der Waals surface area contributed by atoms with E-state index in [4.69, 9.17) is 0 Å². The number of guanidine groups is 1. The molecule has 166 valence electrons. The minimum atomic E-state index is -4.52. The fourth-order valence-electron chi connectivity index (χ4n) is 2.80. The molecule has 2 rings (SSSR count). The number of piperidine rings is 1. The molecule has 0 amide bonds. The molecule has 0 radical (unpaired) electrons. The average molecular weight is 537 g/mol. The molecule has 1 saturated heterocycles. The lowest BCUT2D eigenvalue weighted by Crippen LogP contribution is -2.49. The summed E-state index contributed by atoms with van der Waals surface area (Å²) in [6, 6.07) is 0.932. The zero-order valence-corrected chi connectivity index (χ0v) is 18.2. The standard InChI is InChI=1S/C16H24F5N7.HI/c1-22-14(26-11-3-8-28(9-4-11)10-13(17)18)24-6-7-25-15-23-5-2-12(27-15)16(19,20)21;/h2,5,11,13H,3-4,6-10H2,1H3,(H2,22,24,26)(H,23,25,27);1H. The molecule has 0 aromatic carbocycles. The Morgan fingerprint density at radius 2 is 1.97 bits per heavy atom. The maximum Gasteiger partial charge on any atom is 0.433 e. The van der Waals surface area contributed by atoms with E-state index in [9.17, 15) is 22.0 Å². The number of hydrogen-bond donors (Lipinski definition) is 3. The van der Waals surface area contributed by atoms with Gasteiger partial charge in [-0.2, -0.15) is 13.2 Å². The van der Waals surface area contributed by atoms with E-state index in [0.29, 0.717) is 25.6 Å². The number of aliphatic imine (C=N–C) groups is 1. The van der Waals surface area contributed by atoms with Crippen LogP contribution in [0, 0.1) is 0 Å². The van der Waals surface area contributed by atoms with Crippen LogP contribution >= 0.6 is 24.0 Å². The summed E-state index contributed by atoms with van der Waals surface area (Å²) in [6.45, 7) is 1.64. The Hall–Kier alpha value is -1.51. The molecule has 1 aliphatic rings. The Morgan fingerprint density at radius 1 is 1.28 bits per heavy atom. The number of nitrogens with zero attached hydrogens (tertiary/aromatic N) is 4. The normalized spacial score (nSPS) is 16.4. The van der Waals surface area contributed by atoms with Gasteiger partial charge in [0.05, 0.1) is 6.54 Å². The minimum Gasteiger partial charge on any atom is -0.355 e. The Bertz CT molecular complexity index is 636. The first-order valence-electron chi connectivity index (χ1n) is 8.89. The first-order chi connectivity index (χ1) is 13.3. The zero-order valence-electron chi connectivity index (χ0n) is 15.8. The van der Waals surface area contributed by atoms with Crippen LogP contribution in [0.15, 0.2) is 17.3 Å². The van der Waals surface area contributed by atoms with E-state index < -0.39 is 18.3 Å². The van der Waals surface area contributed by atoms with Gasteiger partial charge in [-0.25, -0.2) is 18.7 Å². The van der Waals surface area contributed by atoms with E-state index in [1.54, 1.807) is 11.9 Å². The molecular weight excluding hydrogens is 512 g/mol. The number of aromatic nitrogens is 2. The van der Waals surface area contributed by atoms with Crippen LogP contribution in [0.1, 0.15) is 18.5 Å². The Labute approximate surface area is 183 Å². The largest absolute Gasteiger partial charge is 0.433 e. The van der Waals surface area contributed by atoms with E-state index in [1.807, 2.05) is 0 Å². The minimum absolute atomic E-state index is 0. The van der Waals surface area contributed by atoms with E-state index in [-0.39, 0.29) is 49.1 Å². The van der Waals surface area contributed by atoms with Gasteiger partial charge in [-0.05, 0) is 18.9 Å². The molecule has 3 N–H and O–H groups in total. The van der Waals surface area contributed by atoms with E-state index >= 15 is 0 Å². The van der Waals surface area contributed by atoms with Crippen LogP contribution in [0.5, 0.6) is 0 Å². The van der Waals surface area contributed by atoms with Gasteiger partial charge in [-0.3, -0.25) is 9.89 Å². The quantitative estimate of drug-likeness (QED) is 0.163. The first-order valence-corrected chi connectivity index (χ1v) is 8.89. The molecule has 0 bridgehead atoms. The molecular formula is C16H25F5IN7. The molecule has 0 aliphatic carbocycles. The fourth-order valence-corrected chi connectivity index (χ4v) is 2.80. The summed E-state index contributed by atoms with van der Waals surface area (Å²) in [6.07, 6.45) is -4.35. The van der Waals surface area contributed by atoms with Gasteiger partial charge >= 0.3 is 6.18 Å². The molecule has 0 atom stereocenters. The van der Waals surface area contributed by atoms with Gasteiger partial charge in [0.25, 0.3) is 6.43 Å². The lowest BCUT2D eigenvalue weighted by Gasteiger charge is -2.32. The van der Waals surface area contributed by atoms with Gasteiger partial charge in [-0.15, -0.1) is 24.0 Å². The molecule has 0 spiro atoms. The summed E-state index contributed by atoms with van der Waals surface area (Å²) in [7, 11) is 1.60. The predicted octanol–water partition coefficient (Wildman–Crippen LogP) is 2.42. The molecule has 1 fully saturated rings. The van der Waals surface area contributed by atoms with Crippen molar-refractivity contribution in [2.45, 2.75) is 31.5 Å². The highest BCUT2D eigenvalue weighted by Gasteiger charge is 2.32. The first kappa shape index (κ1) is 25.5. The Morgan fingerprint density at radius 3 is 2.55 bits per heavy atom. The van der Waals surface area contributed by atoms with Crippen LogP contribution in [0.3, 0.4) is 0 Å². The van der Waals surface area contributed by atoms with Gasteiger partial charge < -0.3 is 16.0 Å². The average Bonchev–Trinajstić information content (AvgIpc) is 2.65. The van der Waals surface area contributed by atoms with Crippen LogP contribution in [-0.2, 0) is 6.18 Å². The molecule has 1 aromatic rings. The monoisotopic (exact) mass is 537 g/mol. The fraction of sp³-hybridized carbons (Fsp3) is 0.688. The van der Waals surface area contributed by atoms with Crippen molar-refractivity contribution in [3.63, 3.8) is 0 Å². The van der Waals surface area contributed by atoms with Crippen molar-refractivity contribution in [1.82, 2.24) is 25.5 Å². The highest BCUT2D eigenvalue weighted by atomic mass is 127. The topological polar surface area (TPSA) is 77.5 Å². The molecule has 13 heteroatoms. The van der Waals surface area contributed by atoms with Crippen molar-refractivity contribution < 1.29 is 22.0 Å². The number of hydrogen-bond acceptors (Lipinski definition) is 5. The molecule has 1 aliphatic heterocycles. The number of anilines is 1. The number of nitrogens with one attached hydrogen (secondary N) is 3. The van der Waals surface area contributed by atoms with Crippen LogP contribution < -0.4 is 16.0 Å². The van der Waals surface area contributed by atoms with Crippen LogP contribution in [0.2, 0.25) is 0 Å². The van der Waals surface area contributed by atoms with Crippen LogP contribution in [0.25, 0.3) is 0 Å². The van der Waals surface area contributed by atoms with Crippen LogP contribution in [-0.4, -0.2) is 73.1 Å². The SMILES string of the molecule is CN=C(NCCNc1nccc(C(F)(F)F)n1)NC1CCN(CC(F)F)CC1.I. The molecule has 7 nitrogen and oxygen atoms in total. The van der Waals surface area contributed by atoms with Gasteiger partial charge in [0, 0.05) is 45.5 Å². The molecule has 29 heavy (non-hydrogen) atoms.